The molecule has 1 saturated heterocycles. The van der Waals surface area contributed by atoms with Crippen LogP contribution in [-0.2, 0) is 9.59 Å². The smallest absolute Gasteiger partial charge is 0.300 e. The van der Waals surface area contributed by atoms with Crippen LogP contribution in [0.1, 0.15) is 23.1 Å². The Bertz CT molecular complexity index is 1210. The maximum atomic E-state index is 13.0. The first kappa shape index (κ1) is 21.0. The highest BCUT2D eigenvalue weighted by Crippen LogP contribution is 2.43. The molecule has 1 unspecified atom stereocenters. The average molecular weight is 458 g/mol. The number of Topliss-reactive ketones (excluding diaryl/α,β-unsaturated/α-hetero) is 1. The third-order valence-corrected chi connectivity index (χ3v) is 5.76. The number of carbonyl (C=O) groups excluding carboxylic acids is 2. The van der Waals surface area contributed by atoms with Gasteiger partial charge in [-0.05, 0) is 61.5 Å². The van der Waals surface area contributed by atoms with Crippen molar-refractivity contribution in [1.29, 1.82) is 0 Å². The molecule has 0 saturated carbocycles. The Labute approximate surface area is 188 Å². The number of benzene rings is 2. The topological polar surface area (TPSA) is 80.0 Å². The Morgan fingerprint density at radius 3 is 2.32 bits per heavy atom. The summed E-state index contributed by atoms with van der Waals surface area (Å²) in [5.74, 6) is -0.447. The SMILES string of the molecule is COc1ccc(N2C(=O)C(=O)/C(=C(\O)c3ccc(Cl)c(Cl)c3)C2c2ccc(C)o2)cc1. The number of amides is 1. The monoisotopic (exact) mass is 457 g/mol. The summed E-state index contributed by atoms with van der Waals surface area (Å²) in [5.41, 5.74) is 0.610. The first-order valence-corrected chi connectivity index (χ1v) is 10.0. The Morgan fingerprint density at radius 2 is 1.74 bits per heavy atom. The highest BCUT2D eigenvalue weighted by atomic mass is 35.5. The van der Waals surface area contributed by atoms with Crippen molar-refractivity contribution >= 4 is 46.3 Å². The van der Waals surface area contributed by atoms with E-state index in [4.69, 9.17) is 32.4 Å². The zero-order valence-electron chi connectivity index (χ0n) is 16.6. The van der Waals surface area contributed by atoms with Crippen molar-refractivity contribution in [2.24, 2.45) is 0 Å². The zero-order valence-corrected chi connectivity index (χ0v) is 18.1. The van der Waals surface area contributed by atoms with E-state index in [2.05, 4.69) is 0 Å². The van der Waals surface area contributed by atoms with E-state index in [9.17, 15) is 14.7 Å². The van der Waals surface area contributed by atoms with Gasteiger partial charge in [-0.2, -0.15) is 0 Å². The van der Waals surface area contributed by atoms with Gasteiger partial charge in [0.15, 0.2) is 0 Å². The first-order valence-electron chi connectivity index (χ1n) is 9.28. The minimum absolute atomic E-state index is 0.103. The minimum atomic E-state index is -0.962. The highest BCUT2D eigenvalue weighted by Gasteiger charge is 2.48. The van der Waals surface area contributed by atoms with Crippen molar-refractivity contribution in [3.8, 4) is 5.75 Å². The molecule has 1 aliphatic rings. The second-order valence-electron chi connectivity index (χ2n) is 6.94. The standard InChI is InChI=1S/C23H17Cl2NO5/c1-12-3-10-18(31-12)20-19(21(27)13-4-9-16(24)17(25)11-13)22(28)23(29)26(20)14-5-7-15(30-2)8-6-14/h3-11,20,27H,1-2H3/b21-19-. The van der Waals surface area contributed by atoms with Crippen molar-refractivity contribution in [1.82, 2.24) is 0 Å². The lowest BCUT2D eigenvalue weighted by Crippen LogP contribution is -2.29. The Kier molecular flexibility index (Phi) is 5.52. The number of rotatable bonds is 4. The van der Waals surface area contributed by atoms with Crippen molar-refractivity contribution < 1.29 is 23.8 Å². The molecule has 2 heterocycles. The Morgan fingerprint density at radius 1 is 1.03 bits per heavy atom. The van der Waals surface area contributed by atoms with Gasteiger partial charge in [0, 0.05) is 11.3 Å². The highest BCUT2D eigenvalue weighted by molar-refractivity contribution is 6.51. The van der Waals surface area contributed by atoms with Gasteiger partial charge in [0.25, 0.3) is 11.7 Å². The van der Waals surface area contributed by atoms with E-state index in [0.717, 1.165) is 0 Å². The van der Waals surface area contributed by atoms with Crippen molar-refractivity contribution in [3.63, 3.8) is 0 Å². The van der Waals surface area contributed by atoms with E-state index in [1.807, 2.05) is 0 Å². The second kappa shape index (κ2) is 8.13. The molecule has 1 amide bonds. The van der Waals surface area contributed by atoms with Gasteiger partial charge in [0.2, 0.25) is 0 Å². The zero-order chi connectivity index (χ0) is 22.3. The van der Waals surface area contributed by atoms with E-state index in [1.165, 1.54) is 30.2 Å². The molecule has 6 nitrogen and oxygen atoms in total. The molecule has 8 heteroatoms. The number of furan rings is 1. The van der Waals surface area contributed by atoms with Gasteiger partial charge in [-0.15, -0.1) is 0 Å². The first-order chi connectivity index (χ1) is 14.8. The number of halogens is 2. The molecule has 1 N–H and O–H groups in total. The normalized spacial score (nSPS) is 17.9. The lowest BCUT2D eigenvalue weighted by molar-refractivity contribution is -0.132. The fourth-order valence-corrected chi connectivity index (χ4v) is 3.81. The van der Waals surface area contributed by atoms with E-state index in [1.54, 1.807) is 43.3 Å². The number of anilines is 1. The molecule has 0 radical (unpaired) electrons. The number of aryl methyl sites for hydroxylation is 1. The lowest BCUT2D eigenvalue weighted by atomic mass is 9.99. The molecule has 0 bridgehead atoms. The second-order valence-corrected chi connectivity index (χ2v) is 7.76. The van der Waals surface area contributed by atoms with Crippen LogP contribution in [0.2, 0.25) is 10.0 Å². The fraction of sp³-hybridized carbons (Fsp3) is 0.130. The number of ether oxygens (including phenoxy) is 1. The maximum Gasteiger partial charge on any atom is 0.300 e. The van der Waals surface area contributed by atoms with Gasteiger partial charge < -0.3 is 14.3 Å². The van der Waals surface area contributed by atoms with Crippen molar-refractivity contribution in [2.45, 2.75) is 13.0 Å². The van der Waals surface area contributed by atoms with Crippen LogP contribution in [0.25, 0.3) is 5.76 Å². The summed E-state index contributed by atoms with van der Waals surface area (Å²) < 4.78 is 10.9. The van der Waals surface area contributed by atoms with Crippen LogP contribution in [0.15, 0.2) is 64.6 Å². The van der Waals surface area contributed by atoms with E-state index < -0.39 is 17.7 Å². The van der Waals surface area contributed by atoms with E-state index >= 15 is 0 Å². The van der Waals surface area contributed by atoms with Gasteiger partial charge in [-0.25, -0.2) is 0 Å². The van der Waals surface area contributed by atoms with E-state index in [0.29, 0.717) is 28.0 Å². The van der Waals surface area contributed by atoms with Crippen LogP contribution in [0, 0.1) is 6.92 Å². The molecule has 0 spiro atoms. The molecule has 1 atom stereocenters. The summed E-state index contributed by atoms with van der Waals surface area (Å²) in [5, 5.41) is 11.5. The molecule has 2 aromatic carbocycles. The molecular formula is C23H17Cl2NO5. The van der Waals surface area contributed by atoms with Crippen LogP contribution in [0.3, 0.4) is 0 Å². The lowest BCUT2D eigenvalue weighted by Gasteiger charge is -2.23. The van der Waals surface area contributed by atoms with Crippen LogP contribution >= 0.6 is 23.2 Å². The molecule has 1 fully saturated rings. The van der Waals surface area contributed by atoms with Crippen molar-refractivity contribution in [3.05, 3.63) is 87.3 Å². The third-order valence-electron chi connectivity index (χ3n) is 5.02. The number of aliphatic hydroxyl groups excluding tert-OH is 1. The Hall–Kier alpha value is -3.22. The van der Waals surface area contributed by atoms with Gasteiger partial charge in [-0.1, -0.05) is 23.2 Å². The molecule has 4 rings (SSSR count). The number of nitrogens with zero attached hydrogens (tertiary/aromatic N) is 1. The van der Waals surface area contributed by atoms with Crippen LogP contribution in [0.5, 0.6) is 5.75 Å². The number of hydrogen-bond donors (Lipinski definition) is 1. The average Bonchev–Trinajstić information content (AvgIpc) is 3.30. The molecule has 31 heavy (non-hydrogen) atoms. The molecule has 1 aliphatic heterocycles. The number of ketones is 1. The van der Waals surface area contributed by atoms with Crippen molar-refractivity contribution in [2.75, 3.05) is 12.0 Å². The number of aliphatic hydroxyl groups is 1. The van der Waals surface area contributed by atoms with Gasteiger partial charge in [-0.3, -0.25) is 14.5 Å². The maximum absolute atomic E-state index is 13.0. The third kappa shape index (κ3) is 3.69. The molecular weight excluding hydrogens is 441 g/mol. The van der Waals surface area contributed by atoms with Gasteiger partial charge in [0.05, 0.1) is 22.7 Å². The number of hydrogen-bond acceptors (Lipinski definition) is 5. The molecule has 1 aromatic heterocycles. The summed E-state index contributed by atoms with van der Waals surface area (Å²) >= 11 is 12.0. The summed E-state index contributed by atoms with van der Waals surface area (Å²) in [7, 11) is 1.53. The Balaban J connectivity index is 1.91. The van der Waals surface area contributed by atoms with Crippen LogP contribution < -0.4 is 9.64 Å². The fourth-order valence-electron chi connectivity index (χ4n) is 3.51. The quantitative estimate of drug-likeness (QED) is 0.316. The van der Waals surface area contributed by atoms with Gasteiger partial charge >= 0.3 is 0 Å². The predicted octanol–water partition coefficient (Wildman–Crippen LogP) is 5.53. The van der Waals surface area contributed by atoms with Gasteiger partial charge in [0.1, 0.15) is 29.1 Å². The molecule has 0 aliphatic carbocycles. The molecule has 158 valence electrons. The number of methoxy groups -OCH3 is 1. The minimum Gasteiger partial charge on any atom is -0.507 e. The van der Waals surface area contributed by atoms with E-state index in [-0.39, 0.29) is 21.9 Å². The predicted molar refractivity (Wildman–Crippen MR) is 118 cm³/mol. The summed E-state index contributed by atoms with van der Waals surface area (Å²) in [6.45, 7) is 1.75. The number of carbonyl (C=O) groups is 2. The van der Waals surface area contributed by atoms with Crippen LogP contribution in [-0.4, -0.2) is 23.9 Å². The summed E-state index contributed by atoms with van der Waals surface area (Å²) in [4.78, 5) is 27.4. The van der Waals surface area contributed by atoms with Crippen LogP contribution in [0.4, 0.5) is 5.69 Å². The molecule has 3 aromatic rings. The largest absolute Gasteiger partial charge is 0.507 e. The summed E-state index contributed by atoms with van der Waals surface area (Å²) in [6.07, 6.45) is 0. The summed E-state index contributed by atoms with van der Waals surface area (Å²) in [6, 6.07) is 13.6.